The van der Waals surface area contributed by atoms with E-state index in [-0.39, 0.29) is 5.05 Å². The average Bonchev–Trinajstić information content (AvgIpc) is 2.04. The summed E-state index contributed by atoms with van der Waals surface area (Å²) in [6.45, 7) is 0. The van der Waals surface area contributed by atoms with Crippen LogP contribution in [0.5, 0.6) is 0 Å². The van der Waals surface area contributed by atoms with Crippen LogP contribution in [0.3, 0.4) is 0 Å². The van der Waals surface area contributed by atoms with Gasteiger partial charge in [0.05, 0.1) is 0 Å². The van der Waals surface area contributed by atoms with Crippen molar-refractivity contribution in [2.45, 2.75) is 4.90 Å². The molecule has 1 rings (SSSR count). The molecule has 64 valence electrons. The van der Waals surface area contributed by atoms with E-state index in [1.165, 1.54) is 11.8 Å². The van der Waals surface area contributed by atoms with Gasteiger partial charge >= 0.3 is 0 Å². The first-order valence-electron chi connectivity index (χ1n) is 3.09. The van der Waals surface area contributed by atoms with Crippen LogP contribution in [0.15, 0.2) is 21.6 Å². The lowest BCUT2D eigenvalue weighted by Gasteiger charge is -2.02. The smallest absolute Gasteiger partial charge is 0.208 e. The quantitative estimate of drug-likeness (QED) is 0.506. The third-order valence-corrected chi connectivity index (χ3v) is 2.65. The van der Waals surface area contributed by atoms with E-state index in [4.69, 9.17) is 5.11 Å². The maximum absolute atomic E-state index is 9.09. The van der Waals surface area contributed by atoms with Gasteiger partial charge in [-0.05, 0) is 46.5 Å². The summed E-state index contributed by atoms with van der Waals surface area (Å²) in [6.07, 6.45) is 1.91. The van der Waals surface area contributed by atoms with Crippen LogP contribution in [-0.2, 0) is 0 Å². The zero-order chi connectivity index (χ0) is 9.14. The van der Waals surface area contributed by atoms with Crippen molar-refractivity contribution in [1.29, 1.82) is 0 Å². The topological polar surface area (TPSA) is 33.1 Å². The van der Waals surface area contributed by atoms with E-state index < -0.39 is 0 Å². The van der Waals surface area contributed by atoms with Gasteiger partial charge in [-0.15, -0.1) is 11.8 Å². The van der Waals surface area contributed by atoms with Crippen molar-refractivity contribution in [2.24, 2.45) is 0 Å². The normalized spacial score (nSPS) is 9.83. The van der Waals surface area contributed by atoms with E-state index in [9.17, 15) is 0 Å². The van der Waals surface area contributed by atoms with E-state index in [2.05, 4.69) is 33.1 Å². The summed E-state index contributed by atoms with van der Waals surface area (Å²) in [4.78, 5) is 4.93. The van der Waals surface area contributed by atoms with Gasteiger partial charge in [-0.3, -0.25) is 0 Å². The van der Waals surface area contributed by atoms with E-state index in [1.54, 1.807) is 0 Å². The Kier molecular flexibility index (Phi) is 3.49. The molecule has 2 nitrogen and oxygen atoms in total. The van der Waals surface area contributed by atoms with Crippen molar-refractivity contribution in [3.63, 3.8) is 0 Å². The summed E-state index contributed by atoms with van der Waals surface area (Å²) in [7, 11) is 0. The van der Waals surface area contributed by atoms with E-state index in [0.717, 1.165) is 4.90 Å². The van der Waals surface area contributed by atoms with Crippen molar-refractivity contribution in [3.05, 3.63) is 22.4 Å². The highest BCUT2D eigenvalue weighted by molar-refractivity contribution is 9.10. The van der Waals surface area contributed by atoms with Gasteiger partial charge in [0, 0.05) is 4.90 Å². The van der Waals surface area contributed by atoms with Crippen molar-refractivity contribution in [2.75, 3.05) is 6.26 Å². The average molecular weight is 264 g/mol. The second-order valence-electron chi connectivity index (χ2n) is 1.99. The number of aliphatic hydroxyl groups excluding tert-OH is 1. The predicted molar refractivity (Wildman–Crippen MR) is 58.0 cm³/mol. The Balaban J connectivity index is 3.21. The number of hydrogen-bond acceptors (Lipinski definition) is 3. The first-order chi connectivity index (χ1) is 5.65. The zero-order valence-electron chi connectivity index (χ0n) is 6.24. The molecule has 0 atom stereocenters. The highest BCUT2D eigenvalue weighted by atomic mass is 79.9. The first-order valence-corrected chi connectivity index (χ1v) is 5.51. The molecule has 1 aromatic heterocycles. The Hall–Kier alpha value is -0.130. The third-order valence-electron chi connectivity index (χ3n) is 1.25. The molecular weight excluding hydrogens is 258 g/mol. The Morgan fingerprint density at radius 2 is 2.33 bits per heavy atom. The Labute approximate surface area is 88.5 Å². The van der Waals surface area contributed by atoms with Gasteiger partial charge < -0.3 is 5.11 Å². The Bertz CT molecular complexity index is 316. The van der Waals surface area contributed by atoms with Crippen molar-refractivity contribution >= 4 is 45.0 Å². The largest absolute Gasteiger partial charge is 0.497 e. The Morgan fingerprint density at radius 1 is 1.67 bits per heavy atom. The number of nitrogens with zero attached hydrogens (tertiary/aromatic N) is 1. The molecule has 1 heterocycles. The molecule has 0 amide bonds. The van der Waals surface area contributed by atoms with Gasteiger partial charge in [0.25, 0.3) is 0 Å². The molecule has 0 unspecified atom stereocenters. The molecule has 12 heavy (non-hydrogen) atoms. The minimum Gasteiger partial charge on any atom is -0.497 e. The van der Waals surface area contributed by atoms with Gasteiger partial charge in [0.2, 0.25) is 5.05 Å². The number of thiocarbonyl (C=S) groups is 1. The van der Waals surface area contributed by atoms with Gasteiger partial charge in [0.1, 0.15) is 10.3 Å². The lowest BCUT2D eigenvalue weighted by molar-refractivity contribution is 0.566. The number of thioether (sulfide) groups is 1. The number of aliphatic hydroxyl groups is 1. The van der Waals surface area contributed by atoms with E-state index >= 15 is 0 Å². The lowest BCUT2D eigenvalue weighted by Crippen LogP contribution is -2.00. The first kappa shape index (κ1) is 9.95. The minimum absolute atomic E-state index is 0.166. The molecule has 0 bridgehead atoms. The summed E-state index contributed by atoms with van der Waals surface area (Å²) in [5, 5.41) is 8.93. The number of rotatable bonds is 2. The number of hydrogen-bond donors (Lipinski definition) is 1. The molecule has 0 radical (unpaired) electrons. The molecule has 0 spiro atoms. The molecular formula is C7H6BrNOS2. The monoisotopic (exact) mass is 263 g/mol. The second-order valence-corrected chi connectivity index (χ2v) is 4.04. The second kappa shape index (κ2) is 4.20. The molecule has 0 aliphatic carbocycles. The number of pyridine rings is 1. The molecule has 0 aromatic carbocycles. The fourth-order valence-corrected chi connectivity index (χ4v) is 1.81. The van der Waals surface area contributed by atoms with Crippen LogP contribution >= 0.6 is 39.9 Å². The van der Waals surface area contributed by atoms with E-state index in [1.807, 2.05) is 18.4 Å². The highest BCUT2D eigenvalue weighted by Gasteiger charge is 2.07. The molecule has 5 heteroatoms. The summed E-state index contributed by atoms with van der Waals surface area (Å²) in [5.74, 6) is 0. The maximum Gasteiger partial charge on any atom is 0.208 e. The molecule has 0 aliphatic rings. The van der Waals surface area contributed by atoms with Crippen LogP contribution in [-0.4, -0.2) is 21.4 Å². The summed E-state index contributed by atoms with van der Waals surface area (Å²) in [6, 6.07) is 3.67. The molecule has 1 aromatic rings. The van der Waals surface area contributed by atoms with Crippen molar-refractivity contribution < 1.29 is 5.11 Å². The van der Waals surface area contributed by atoms with Crippen LogP contribution in [0.1, 0.15) is 5.69 Å². The molecule has 0 saturated heterocycles. The van der Waals surface area contributed by atoms with Crippen molar-refractivity contribution in [3.8, 4) is 0 Å². The lowest BCUT2D eigenvalue weighted by atomic mass is 10.4. The molecule has 0 fully saturated rings. The van der Waals surface area contributed by atoms with Crippen LogP contribution < -0.4 is 0 Å². The highest BCUT2D eigenvalue weighted by Crippen LogP contribution is 2.21. The van der Waals surface area contributed by atoms with Crippen LogP contribution in [0.4, 0.5) is 0 Å². The summed E-state index contributed by atoms with van der Waals surface area (Å²) < 4.78 is 0.673. The van der Waals surface area contributed by atoms with Gasteiger partial charge in [0.15, 0.2) is 0 Å². The fourth-order valence-electron chi connectivity index (χ4n) is 0.740. The van der Waals surface area contributed by atoms with Crippen LogP contribution in [0.2, 0.25) is 0 Å². The Morgan fingerprint density at radius 3 is 2.83 bits per heavy atom. The van der Waals surface area contributed by atoms with Crippen LogP contribution in [0, 0.1) is 0 Å². The summed E-state index contributed by atoms with van der Waals surface area (Å²) >= 11 is 9.34. The molecule has 0 saturated carbocycles. The van der Waals surface area contributed by atoms with Gasteiger partial charge in [-0.25, -0.2) is 4.98 Å². The van der Waals surface area contributed by atoms with Crippen LogP contribution in [0.25, 0.3) is 0 Å². The minimum atomic E-state index is -0.166. The molecule has 0 aliphatic heterocycles. The number of aromatic nitrogens is 1. The standard InChI is InChI=1S/C7H6BrNOS2/c1-12-4-2-3-5(8)9-6(4)7(10)11/h2-3H,1H3,(H,10,11). The van der Waals surface area contributed by atoms with Crippen molar-refractivity contribution in [1.82, 2.24) is 4.98 Å². The van der Waals surface area contributed by atoms with Gasteiger partial charge in [-0.2, -0.15) is 0 Å². The number of halogens is 1. The fraction of sp³-hybridized carbons (Fsp3) is 0.143. The summed E-state index contributed by atoms with van der Waals surface area (Å²) in [5.41, 5.74) is 0.465. The third kappa shape index (κ3) is 2.18. The zero-order valence-corrected chi connectivity index (χ0v) is 9.46. The predicted octanol–water partition coefficient (Wildman–Crippen LogP) is 2.80. The maximum atomic E-state index is 9.09. The SMILES string of the molecule is CSc1ccc(Br)nc1C(O)=S. The molecule has 1 N–H and O–H groups in total. The van der Waals surface area contributed by atoms with Gasteiger partial charge in [-0.1, -0.05) is 0 Å². The van der Waals surface area contributed by atoms with E-state index in [0.29, 0.717) is 10.3 Å².